The summed E-state index contributed by atoms with van der Waals surface area (Å²) >= 11 is 0.769. The summed E-state index contributed by atoms with van der Waals surface area (Å²) in [6.07, 6.45) is 1.19. The van der Waals surface area contributed by atoms with E-state index in [2.05, 4.69) is 15.3 Å². The molecule has 0 unspecified atom stereocenters. The Labute approximate surface area is 123 Å². The predicted octanol–water partition coefficient (Wildman–Crippen LogP) is 1.22. The van der Waals surface area contributed by atoms with Crippen LogP contribution in [0.5, 0.6) is 0 Å². The highest BCUT2D eigenvalue weighted by molar-refractivity contribution is 7.87. The molecule has 0 aromatic carbocycles. The van der Waals surface area contributed by atoms with Gasteiger partial charge >= 0.3 is 16.3 Å². The normalized spacial score (nSPS) is 11.1. The van der Waals surface area contributed by atoms with E-state index in [1.54, 1.807) is 7.05 Å². The molecule has 0 radical (unpaired) electrons. The number of carboxylic acid groups (broad SMARTS) is 1. The van der Waals surface area contributed by atoms with E-state index in [0.717, 1.165) is 11.3 Å². The number of aromatic carboxylic acids is 1. The molecule has 0 spiro atoms. The third kappa shape index (κ3) is 3.09. The number of nitrogens with zero attached hydrogens (tertiary/aromatic N) is 3. The summed E-state index contributed by atoms with van der Waals surface area (Å²) in [7, 11) is -3.10. The first-order chi connectivity index (χ1) is 9.84. The summed E-state index contributed by atoms with van der Waals surface area (Å²) < 4.78 is 33.0. The van der Waals surface area contributed by atoms with Crippen LogP contribution in [0.1, 0.15) is 10.5 Å². The van der Waals surface area contributed by atoms with Gasteiger partial charge in [0.05, 0.1) is 17.4 Å². The van der Waals surface area contributed by atoms with Crippen molar-refractivity contribution in [3.8, 4) is 0 Å². The zero-order valence-electron chi connectivity index (χ0n) is 10.6. The Morgan fingerprint density at radius 1 is 1.38 bits per heavy atom. The van der Waals surface area contributed by atoms with Crippen molar-refractivity contribution in [1.82, 2.24) is 9.97 Å². The van der Waals surface area contributed by atoms with Gasteiger partial charge in [-0.2, -0.15) is 8.42 Å². The molecule has 112 valence electrons. The maximum absolute atomic E-state index is 11.6. The van der Waals surface area contributed by atoms with Crippen molar-refractivity contribution in [1.29, 1.82) is 0 Å². The van der Waals surface area contributed by atoms with Crippen LogP contribution < -0.4 is 9.62 Å². The van der Waals surface area contributed by atoms with Crippen LogP contribution in [0.3, 0.4) is 0 Å². The first-order valence-electron chi connectivity index (χ1n) is 5.43. The Morgan fingerprint density at radius 2 is 2.10 bits per heavy atom. The summed E-state index contributed by atoms with van der Waals surface area (Å²) in [6.45, 7) is 0. The molecule has 11 heteroatoms. The minimum absolute atomic E-state index is 0.0109. The number of thiazole rings is 1. The largest absolute Gasteiger partial charge is 0.476 e. The van der Waals surface area contributed by atoms with Crippen molar-refractivity contribution in [2.75, 3.05) is 16.7 Å². The molecule has 2 aromatic rings. The number of anilines is 3. The second-order valence-electron chi connectivity index (χ2n) is 3.71. The van der Waals surface area contributed by atoms with Gasteiger partial charge in [0.15, 0.2) is 5.69 Å². The molecule has 0 aliphatic carbocycles. The van der Waals surface area contributed by atoms with Crippen molar-refractivity contribution in [3.05, 3.63) is 29.5 Å². The van der Waals surface area contributed by atoms with Gasteiger partial charge in [-0.25, -0.2) is 19.1 Å². The Balaban J connectivity index is 2.58. The van der Waals surface area contributed by atoms with E-state index in [-0.39, 0.29) is 10.7 Å². The molecule has 2 rings (SSSR count). The number of carbonyl (C=O) groups is 1. The molecular formula is C10H10N4O5S2. The highest BCUT2D eigenvalue weighted by Gasteiger charge is 2.29. The number of nitrogens with one attached hydrogen (secondary N) is 1. The van der Waals surface area contributed by atoms with Gasteiger partial charge < -0.3 is 10.4 Å². The van der Waals surface area contributed by atoms with Crippen LogP contribution in [0.15, 0.2) is 23.8 Å². The van der Waals surface area contributed by atoms with Gasteiger partial charge in [-0.05, 0) is 12.1 Å². The summed E-state index contributed by atoms with van der Waals surface area (Å²) in [4.78, 5) is 18.6. The lowest BCUT2D eigenvalue weighted by atomic mass is 10.4. The molecule has 21 heavy (non-hydrogen) atoms. The van der Waals surface area contributed by atoms with Gasteiger partial charge in [-0.3, -0.25) is 4.55 Å². The van der Waals surface area contributed by atoms with Crippen molar-refractivity contribution >= 4 is 44.1 Å². The summed E-state index contributed by atoms with van der Waals surface area (Å²) in [5, 5.41) is 11.5. The van der Waals surface area contributed by atoms with Gasteiger partial charge in [0.1, 0.15) is 10.8 Å². The molecule has 0 bridgehead atoms. The molecule has 0 saturated heterocycles. The molecule has 2 heterocycles. The van der Waals surface area contributed by atoms with Crippen molar-refractivity contribution < 1.29 is 22.9 Å². The van der Waals surface area contributed by atoms with Crippen LogP contribution >= 0.6 is 11.3 Å². The Bertz CT molecular complexity index is 756. The van der Waals surface area contributed by atoms with Crippen molar-refractivity contribution in [2.24, 2.45) is 0 Å². The molecule has 2 aromatic heterocycles. The average Bonchev–Trinajstić information content (AvgIpc) is 2.87. The smallest absolute Gasteiger partial charge is 0.365 e. The van der Waals surface area contributed by atoms with E-state index >= 15 is 0 Å². The second-order valence-corrected chi connectivity index (χ2v) is 5.80. The highest BCUT2D eigenvalue weighted by atomic mass is 32.2. The van der Waals surface area contributed by atoms with Crippen LogP contribution in [-0.4, -0.2) is 41.1 Å². The van der Waals surface area contributed by atoms with Crippen LogP contribution in [0, 0.1) is 0 Å². The van der Waals surface area contributed by atoms with E-state index in [4.69, 9.17) is 5.11 Å². The summed E-state index contributed by atoms with van der Waals surface area (Å²) in [5.41, 5.74) is 0.686. The van der Waals surface area contributed by atoms with Gasteiger partial charge in [0.25, 0.3) is 0 Å². The van der Waals surface area contributed by atoms with Crippen LogP contribution in [-0.2, 0) is 10.3 Å². The molecule has 0 aliphatic heterocycles. The number of hydrogen-bond donors (Lipinski definition) is 3. The molecule has 0 amide bonds. The third-order valence-electron chi connectivity index (χ3n) is 2.40. The van der Waals surface area contributed by atoms with Gasteiger partial charge in [-0.15, -0.1) is 11.3 Å². The predicted molar refractivity (Wildman–Crippen MR) is 76.5 cm³/mol. The molecule has 0 aliphatic rings. The SMILES string of the molecule is CNc1ccc(N(c2scnc2C(=O)O)S(=O)(=O)O)cn1. The fourth-order valence-corrected chi connectivity index (χ4v) is 3.33. The monoisotopic (exact) mass is 330 g/mol. The maximum Gasteiger partial charge on any atom is 0.365 e. The Morgan fingerprint density at radius 3 is 2.57 bits per heavy atom. The zero-order valence-corrected chi connectivity index (χ0v) is 12.2. The second kappa shape index (κ2) is 5.63. The van der Waals surface area contributed by atoms with Crippen LogP contribution in [0.2, 0.25) is 0 Å². The van der Waals surface area contributed by atoms with Gasteiger partial charge in [0.2, 0.25) is 0 Å². The van der Waals surface area contributed by atoms with E-state index < -0.39 is 22.0 Å². The van der Waals surface area contributed by atoms with E-state index in [0.29, 0.717) is 10.1 Å². The number of aromatic nitrogens is 2. The van der Waals surface area contributed by atoms with Crippen molar-refractivity contribution in [3.63, 3.8) is 0 Å². The minimum atomic E-state index is -4.74. The first kappa shape index (κ1) is 15.2. The number of hydrogen-bond acceptors (Lipinski definition) is 7. The van der Waals surface area contributed by atoms with Gasteiger partial charge in [0, 0.05) is 7.05 Å². The molecule has 3 N–H and O–H groups in total. The maximum atomic E-state index is 11.6. The lowest BCUT2D eigenvalue weighted by Gasteiger charge is -2.19. The summed E-state index contributed by atoms with van der Waals surface area (Å²) in [6, 6.07) is 2.85. The Kier molecular flexibility index (Phi) is 4.06. The van der Waals surface area contributed by atoms with Crippen molar-refractivity contribution in [2.45, 2.75) is 0 Å². The minimum Gasteiger partial charge on any atom is -0.476 e. The number of rotatable bonds is 5. The Hall–Kier alpha value is -2.24. The summed E-state index contributed by atoms with van der Waals surface area (Å²) in [5.74, 6) is -0.920. The molecule has 0 fully saturated rings. The quantitative estimate of drug-likeness (QED) is 0.697. The lowest BCUT2D eigenvalue weighted by molar-refractivity contribution is 0.0692. The van der Waals surface area contributed by atoms with E-state index in [1.165, 1.54) is 23.8 Å². The molecular weight excluding hydrogens is 320 g/mol. The highest BCUT2D eigenvalue weighted by Crippen LogP contribution is 2.34. The van der Waals surface area contributed by atoms with Gasteiger partial charge in [-0.1, -0.05) is 0 Å². The third-order valence-corrected chi connectivity index (χ3v) is 4.19. The van der Waals surface area contributed by atoms with Crippen LogP contribution in [0.25, 0.3) is 0 Å². The molecule has 0 atom stereocenters. The number of carboxylic acids is 1. The zero-order chi connectivity index (χ0) is 15.6. The molecule has 0 saturated carbocycles. The molecule has 9 nitrogen and oxygen atoms in total. The van der Waals surface area contributed by atoms with Crippen LogP contribution in [0.4, 0.5) is 16.5 Å². The number of pyridine rings is 1. The fourth-order valence-electron chi connectivity index (χ4n) is 1.54. The topological polar surface area (TPSA) is 133 Å². The average molecular weight is 330 g/mol. The van der Waals surface area contributed by atoms with E-state index in [1.807, 2.05) is 0 Å². The lowest BCUT2D eigenvalue weighted by Crippen LogP contribution is -2.26. The fraction of sp³-hybridized carbons (Fsp3) is 0.100. The first-order valence-corrected chi connectivity index (χ1v) is 7.70. The standard InChI is InChI=1S/C10H10N4O5S2/c1-11-7-3-2-6(4-12-7)14(21(17,18)19)9-8(10(15)16)13-5-20-9/h2-5H,1H3,(H,11,12)(H,15,16)(H,17,18,19). The van der Waals surface area contributed by atoms with E-state index in [9.17, 15) is 17.8 Å².